The van der Waals surface area contributed by atoms with Crippen LogP contribution in [0.1, 0.15) is 28.8 Å². The monoisotopic (exact) mass is 376 g/mol. The number of likely N-dealkylation sites (tertiary alicyclic amines) is 1. The molecule has 146 valence electrons. The molecule has 4 rings (SSSR count). The van der Waals surface area contributed by atoms with Crippen molar-refractivity contribution in [3.05, 3.63) is 35.1 Å². The lowest BCUT2D eigenvalue weighted by molar-refractivity contribution is -0.135. The predicted octanol–water partition coefficient (Wildman–Crippen LogP) is 1.52. The van der Waals surface area contributed by atoms with Gasteiger partial charge in [-0.25, -0.2) is 4.39 Å². The second-order valence-corrected chi connectivity index (χ2v) is 7.91. The maximum atomic E-state index is 13.4. The van der Waals surface area contributed by atoms with Gasteiger partial charge in [-0.05, 0) is 43.5 Å². The predicted molar refractivity (Wildman–Crippen MR) is 95.7 cm³/mol. The van der Waals surface area contributed by atoms with E-state index in [1.54, 1.807) is 13.0 Å². The Hall–Kier alpha value is -1.99. The first-order valence-corrected chi connectivity index (χ1v) is 9.42. The third-order valence-corrected chi connectivity index (χ3v) is 6.32. The van der Waals surface area contributed by atoms with Crippen LogP contribution in [0.5, 0.6) is 0 Å². The number of hydrogen-bond acceptors (Lipinski definition) is 4. The lowest BCUT2D eigenvalue weighted by Gasteiger charge is -2.29. The highest BCUT2D eigenvalue weighted by molar-refractivity contribution is 5.94. The fourth-order valence-corrected chi connectivity index (χ4v) is 4.97. The van der Waals surface area contributed by atoms with Gasteiger partial charge in [0, 0.05) is 37.6 Å². The molecular formula is C20H25FN2O4. The number of hydrogen-bond donors (Lipinski definition) is 1. The van der Waals surface area contributed by atoms with Gasteiger partial charge < -0.3 is 19.7 Å². The molecule has 1 spiro atoms. The van der Waals surface area contributed by atoms with E-state index in [4.69, 9.17) is 9.47 Å². The van der Waals surface area contributed by atoms with Crippen molar-refractivity contribution >= 4 is 11.8 Å². The number of fused-ring (bicyclic) bond motifs is 1. The summed E-state index contributed by atoms with van der Waals surface area (Å²) < 4.78 is 24.7. The summed E-state index contributed by atoms with van der Waals surface area (Å²) in [5.41, 5.74) is 0.639. The molecule has 3 saturated heterocycles. The zero-order chi connectivity index (χ0) is 19.2. The molecule has 0 saturated carbocycles. The number of nitrogens with zero attached hydrogens (tertiary/aromatic N) is 1. The number of carbonyl (C=O) groups is 2. The maximum absolute atomic E-state index is 13.4. The van der Waals surface area contributed by atoms with Crippen LogP contribution in [0.15, 0.2) is 18.2 Å². The van der Waals surface area contributed by atoms with Gasteiger partial charge in [0.1, 0.15) is 12.4 Å². The summed E-state index contributed by atoms with van der Waals surface area (Å²) >= 11 is 0. The lowest BCUT2D eigenvalue weighted by Crippen LogP contribution is -2.41. The van der Waals surface area contributed by atoms with Crippen molar-refractivity contribution in [3.63, 3.8) is 0 Å². The fourth-order valence-electron chi connectivity index (χ4n) is 4.97. The fraction of sp³-hybridized carbons (Fsp3) is 0.600. The number of nitrogens with one attached hydrogen (secondary N) is 1. The van der Waals surface area contributed by atoms with Crippen molar-refractivity contribution in [2.75, 3.05) is 33.4 Å². The van der Waals surface area contributed by atoms with Crippen LogP contribution >= 0.6 is 0 Å². The molecule has 3 aliphatic heterocycles. The van der Waals surface area contributed by atoms with Crippen molar-refractivity contribution in [1.82, 2.24) is 10.2 Å². The summed E-state index contributed by atoms with van der Waals surface area (Å²) in [4.78, 5) is 26.5. The molecule has 1 N–H and O–H groups in total. The van der Waals surface area contributed by atoms with E-state index in [0.29, 0.717) is 30.8 Å². The molecule has 2 amide bonds. The molecule has 7 heteroatoms. The second kappa shape index (κ2) is 6.87. The van der Waals surface area contributed by atoms with Gasteiger partial charge in [-0.2, -0.15) is 0 Å². The Balaban J connectivity index is 1.42. The first kappa shape index (κ1) is 18.4. The Morgan fingerprint density at radius 3 is 3.00 bits per heavy atom. The number of ether oxygens (including phenoxy) is 2. The summed E-state index contributed by atoms with van der Waals surface area (Å²) in [6, 6.07) is 4.37. The van der Waals surface area contributed by atoms with E-state index in [1.165, 1.54) is 19.2 Å². The minimum Gasteiger partial charge on any atom is -0.375 e. The molecule has 0 unspecified atom stereocenters. The molecule has 0 aliphatic carbocycles. The minimum absolute atomic E-state index is 0.0158. The van der Waals surface area contributed by atoms with Gasteiger partial charge in [-0.1, -0.05) is 0 Å². The molecule has 3 fully saturated rings. The van der Waals surface area contributed by atoms with Gasteiger partial charge in [-0.3, -0.25) is 9.59 Å². The standard InChI is InChI=1S/C20H25FN2O4/c1-12-7-13(3-4-16(12)21)19(25)22-8-14-15-9-23(18(24)10-26-2)11-20(15)6-5-17(14)27-20/h3-4,7,14-15,17H,5-6,8-11H2,1-2H3,(H,22,25)/t14-,15+,17+,20+/m0/s1. The Morgan fingerprint density at radius 1 is 1.44 bits per heavy atom. The van der Waals surface area contributed by atoms with Gasteiger partial charge in [-0.15, -0.1) is 0 Å². The van der Waals surface area contributed by atoms with Crippen LogP contribution in [0.25, 0.3) is 0 Å². The van der Waals surface area contributed by atoms with Crippen LogP contribution in [0.3, 0.4) is 0 Å². The van der Waals surface area contributed by atoms with Crippen molar-refractivity contribution in [3.8, 4) is 0 Å². The van der Waals surface area contributed by atoms with Gasteiger partial charge >= 0.3 is 0 Å². The van der Waals surface area contributed by atoms with Crippen LogP contribution in [0.2, 0.25) is 0 Å². The van der Waals surface area contributed by atoms with Crippen LogP contribution in [0, 0.1) is 24.6 Å². The molecule has 3 aliphatic rings. The minimum atomic E-state index is -0.318. The first-order chi connectivity index (χ1) is 12.9. The van der Waals surface area contributed by atoms with E-state index < -0.39 is 0 Å². The molecule has 4 atom stereocenters. The normalized spacial score (nSPS) is 31.2. The molecule has 6 nitrogen and oxygen atoms in total. The highest BCUT2D eigenvalue weighted by atomic mass is 19.1. The Morgan fingerprint density at radius 2 is 2.26 bits per heavy atom. The first-order valence-electron chi connectivity index (χ1n) is 9.42. The molecule has 1 aromatic rings. The SMILES string of the molecule is COCC(=O)N1C[C@@H]2[C@H](CNC(=O)c3ccc(F)c(C)c3)[C@H]3CC[C@]2(C1)O3. The third kappa shape index (κ3) is 3.12. The average Bonchev–Trinajstić information content (AvgIpc) is 3.30. The number of carbonyl (C=O) groups excluding carboxylic acids is 2. The van der Waals surface area contributed by atoms with E-state index in [2.05, 4.69) is 5.32 Å². The number of halogens is 1. The number of methoxy groups -OCH3 is 1. The summed E-state index contributed by atoms with van der Waals surface area (Å²) in [5, 5.41) is 2.98. The van der Waals surface area contributed by atoms with E-state index in [9.17, 15) is 14.0 Å². The molecule has 1 aromatic carbocycles. The zero-order valence-electron chi connectivity index (χ0n) is 15.7. The van der Waals surface area contributed by atoms with E-state index in [1.807, 2.05) is 4.90 Å². The molecule has 2 bridgehead atoms. The number of benzene rings is 1. The van der Waals surface area contributed by atoms with Crippen LogP contribution in [0.4, 0.5) is 4.39 Å². The van der Waals surface area contributed by atoms with Crippen molar-refractivity contribution in [1.29, 1.82) is 0 Å². The van der Waals surface area contributed by atoms with Gasteiger partial charge in [0.25, 0.3) is 5.91 Å². The lowest BCUT2D eigenvalue weighted by atomic mass is 9.73. The molecule has 27 heavy (non-hydrogen) atoms. The topological polar surface area (TPSA) is 67.9 Å². The third-order valence-electron chi connectivity index (χ3n) is 6.32. The molecular weight excluding hydrogens is 351 g/mol. The van der Waals surface area contributed by atoms with Crippen LogP contribution in [-0.4, -0.2) is 61.8 Å². The Kier molecular flexibility index (Phi) is 4.68. The highest BCUT2D eigenvalue weighted by Crippen LogP contribution is 2.54. The van der Waals surface area contributed by atoms with Crippen molar-refractivity contribution < 1.29 is 23.5 Å². The second-order valence-electron chi connectivity index (χ2n) is 7.91. The van der Waals surface area contributed by atoms with E-state index in [-0.39, 0.29) is 47.8 Å². The van der Waals surface area contributed by atoms with E-state index in [0.717, 1.165) is 12.8 Å². The highest BCUT2D eigenvalue weighted by Gasteiger charge is 2.63. The van der Waals surface area contributed by atoms with Crippen molar-refractivity contribution in [2.45, 2.75) is 31.5 Å². The molecule has 0 aromatic heterocycles. The Labute approximate surface area is 158 Å². The van der Waals surface area contributed by atoms with Gasteiger partial charge in [0.2, 0.25) is 5.91 Å². The summed E-state index contributed by atoms with van der Waals surface area (Å²) in [6.45, 7) is 3.48. The van der Waals surface area contributed by atoms with Crippen LogP contribution < -0.4 is 5.32 Å². The summed E-state index contributed by atoms with van der Waals surface area (Å²) in [6.07, 6.45) is 2.05. The zero-order valence-corrected chi connectivity index (χ0v) is 15.7. The Bertz CT molecular complexity index is 770. The largest absolute Gasteiger partial charge is 0.375 e. The smallest absolute Gasteiger partial charge is 0.251 e. The molecule has 0 radical (unpaired) electrons. The van der Waals surface area contributed by atoms with E-state index >= 15 is 0 Å². The quantitative estimate of drug-likeness (QED) is 0.846. The summed E-state index contributed by atoms with van der Waals surface area (Å²) in [7, 11) is 1.52. The average molecular weight is 376 g/mol. The van der Waals surface area contributed by atoms with Gasteiger partial charge in [0.05, 0.1) is 18.2 Å². The number of amides is 2. The molecule has 3 heterocycles. The summed E-state index contributed by atoms with van der Waals surface area (Å²) in [5.74, 6) is -0.128. The van der Waals surface area contributed by atoms with Crippen LogP contribution in [-0.2, 0) is 14.3 Å². The van der Waals surface area contributed by atoms with Crippen molar-refractivity contribution in [2.24, 2.45) is 11.8 Å². The van der Waals surface area contributed by atoms with Gasteiger partial charge in [0.15, 0.2) is 0 Å². The number of aryl methyl sites for hydroxylation is 1. The maximum Gasteiger partial charge on any atom is 0.251 e. The number of rotatable bonds is 5.